The fourth-order valence-electron chi connectivity index (χ4n) is 1.59. The number of rotatable bonds is 4. The molecule has 0 fully saturated rings. The summed E-state index contributed by atoms with van der Waals surface area (Å²) in [5, 5.41) is 14.7. The quantitative estimate of drug-likeness (QED) is 0.836. The van der Waals surface area contributed by atoms with E-state index in [1.807, 2.05) is 0 Å². The van der Waals surface area contributed by atoms with Crippen molar-refractivity contribution in [2.75, 3.05) is 6.61 Å². The molecule has 0 unspecified atom stereocenters. The third-order valence-corrected chi connectivity index (χ3v) is 2.59. The highest BCUT2D eigenvalue weighted by molar-refractivity contribution is 5.94. The van der Waals surface area contributed by atoms with E-state index in [4.69, 9.17) is 9.63 Å². The van der Waals surface area contributed by atoms with E-state index in [0.717, 1.165) is 0 Å². The molecular formula is C15H13FN2O3. The van der Waals surface area contributed by atoms with Crippen LogP contribution in [0.5, 0.6) is 0 Å². The molecule has 1 amide bonds. The zero-order chi connectivity index (χ0) is 15.1. The number of nitrogens with zero attached hydrogens (tertiary/aromatic N) is 1. The van der Waals surface area contributed by atoms with E-state index in [9.17, 15) is 9.18 Å². The number of halogens is 1. The van der Waals surface area contributed by atoms with Crippen molar-refractivity contribution in [3.05, 3.63) is 53.2 Å². The van der Waals surface area contributed by atoms with Gasteiger partial charge < -0.3 is 14.9 Å². The molecule has 1 heterocycles. The summed E-state index contributed by atoms with van der Waals surface area (Å²) in [7, 11) is 0. The number of aliphatic hydroxyl groups is 1. The van der Waals surface area contributed by atoms with Crippen molar-refractivity contribution in [2.45, 2.75) is 13.0 Å². The van der Waals surface area contributed by atoms with Crippen LogP contribution in [0.25, 0.3) is 0 Å². The topological polar surface area (TPSA) is 75.4 Å². The van der Waals surface area contributed by atoms with Gasteiger partial charge in [0.05, 0.1) is 24.9 Å². The van der Waals surface area contributed by atoms with Crippen molar-refractivity contribution >= 4 is 5.91 Å². The van der Waals surface area contributed by atoms with E-state index >= 15 is 0 Å². The molecule has 1 aromatic carbocycles. The molecule has 2 aromatic rings. The molecule has 0 aliphatic rings. The maximum Gasteiger partial charge on any atom is 0.254 e. The Labute approximate surface area is 120 Å². The van der Waals surface area contributed by atoms with E-state index in [1.165, 1.54) is 24.4 Å². The van der Waals surface area contributed by atoms with E-state index in [2.05, 4.69) is 22.3 Å². The second-order valence-electron chi connectivity index (χ2n) is 4.13. The Morgan fingerprint density at radius 2 is 2.29 bits per heavy atom. The summed E-state index contributed by atoms with van der Waals surface area (Å²) in [6.07, 6.45) is 1.78. The molecule has 0 atom stereocenters. The number of carbonyl (C=O) groups is 1. The Morgan fingerprint density at radius 1 is 1.43 bits per heavy atom. The van der Waals surface area contributed by atoms with Gasteiger partial charge in [-0.3, -0.25) is 4.79 Å². The van der Waals surface area contributed by atoms with Crippen molar-refractivity contribution < 1.29 is 18.8 Å². The molecule has 0 spiro atoms. The largest absolute Gasteiger partial charge is 0.395 e. The third-order valence-electron chi connectivity index (χ3n) is 2.59. The van der Waals surface area contributed by atoms with Crippen LogP contribution in [0.3, 0.4) is 0 Å². The average molecular weight is 288 g/mol. The lowest BCUT2D eigenvalue weighted by Crippen LogP contribution is -2.23. The number of amides is 1. The predicted molar refractivity (Wildman–Crippen MR) is 72.7 cm³/mol. The van der Waals surface area contributed by atoms with Gasteiger partial charge in [0.2, 0.25) is 0 Å². The maximum absolute atomic E-state index is 13.7. The normalized spacial score (nSPS) is 9.81. The Kier molecular flexibility index (Phi) is 5.07. The first-order valence-corrected chi connectivity index (χ1v) is 6.27. The van der Waals surface area contributed by atoms with Crippen molar-refractivity contribution in [3.8, 4) is 11.8 Å². The molecule has 108 valence electrons. The van der Waals surface area contributed by atoms with Crippen LogP contribution in [0.4, 0.5) is 4.39 Å². The van der Waals surface area contributed by atoms with Gasteiger partial charge in [0.15, 0.2) is 5.76 Å². The number of hydrogen-bond acceptors (Lipinski definition) is 4. The lowest BCUT2D eigenvalue weighted by Gasteiger charge is -2.04. The van der Waals surface area contributed by atoms with Gasteiger partial charge in [-0.2, -0.15) is 0 Å². The third kappa shape index (κ3) is 4.16. The Morgan fingerprint density at radius 3 is 3.00 bits per heavy atom. The van der Waals surface area contributed by atoms with Gasteiger partial charge in [-0.25, -0.2) is 4.39 Å². The summed E-state index contributed by atoms with van der Waals surface area (Å²) in [5.41, 5.74) is 0.417. The standard InChI is InChI=1S/C15H13FN2O3/c16-14-5-4-11(3-1-2-8-19)9-13(14)15(20)17-10-12-6-7-18-21-12/h4-7,9,19H,2,8,10H2,(H,17,20). The highest BCUT2D eigenvalue weighted by Crippen LogP contribution is 2.10. The van der Waals surface area contributed by atoms with E-state index < -0.39 is 11.7 Å². The van der Waals surface area contributed by atoms with E-state index in [1.54, 1.807) is 6.07 Å². The van der Waals surface area contributed by atoms with Crippen molar-refractivity contribution in [2.24, 2.45) is 0 Å². The highest BCUT2D eigenvalue weighted by atomic mass is 19.1. The zero-order valence-corrected chi connectivity index (χ0v) is 11.1. The van der Waals surface area contributed by atoms with Crippen LogP contribution < -0.4 is 5.32 Å². The number of hydrogen-bond donors (Lipinski definition) is 2. The van der Waals surface area contributed by atoms with Gasteiger partial charge in [-0.15, -0.1) is 0 Å². The molecule has 0 bridgehead atoms. The van der Waals surface area contributed by atoms with Crippen LogP contribution >= 0.6 is 0 Å². The Balaban J connectivity index is 2.09. The molecule has 6 heteroatoms. The maximum atomic E-state index is 13.7. The van der Waals surface area contributed by atoms with Gasteiger partial charge in [-0.1, -0.05) is 17.0 Å². The molecular weight excluding hydrogens is 275 g/mol. The van der Waals surface area contributed by atoms with E-state index in [-0.39, 0.29) is 18.7 Å². The lowest BCUT2D eigenvalue weighted by atomic mass is 10.1. The van der Waals surface area contributed by atoms with Crippen LogP contribution in [-0.4, -0.2) is 22.8 Å². The number of carbonyl (C=O) groups excluding carboxylic acids is 1. The Hall–Kier alpha value is -2.65. The first-order valence-electron chi connectivity index (χ1n) is 6.27. The molecule has 2 rings (SSSR count). The summed E-state index contributed by atoms with van der Waals surface area (Å²) < 4.78 is 18.5. The van der Waals surface area contributed by atoms with Crippen molar-refractivity contribution in [1.29, 1.82) is 0 Å². The van der Waals surface area contributed by atoms with Gasteiger partial charge >= 0.3 is 0 Å². The SMILES string of the molecule is O=C(NCc1ccno1)c1cc(C#CCCO)ccc1F. The molecule has 5 nitrogen and oxygen atoms in total. The minimum Gasteiger partial charge on any atom is -0.395 e. The van der Waals surface area contributed by atoms with E-state index in [0.29, 0.717) is 17.7 Å². The molecule has 0 aliphatic heterocycles. The van der Waals surface area contributed by atoms with Crippen LogP contribution in [0.15, 0.2) is 35.0 Å². The monoisotopic (exact) mass is 288 g/mol. The van der Waals surface area contributed by atoms with Crippen LogP contribution in [0.1, 0.15) is 28.1 Å². The molecule has 0 saturated carbocycles. The first kappa shape index (κ1) is 14.8. The van der Waals surface area contributed by atoms with Crippen molar-refractivity contribution in [3.63, 3.8) is 0 Å². The summed E-state index contributed by atoms with van der Waals surface area (Å²) in [5.74, 6) is 4.75. The highest BCUT2D eigenvalue weighted by Gasteiger charge is 2.12. The summed E-state index contributed by atoms with van der Waals surface area (Å²) in [6, 6.07) is 5.64. The summed E-state index contributed by atoms with van der Waals surface area (Å²) in [4.78, 5) is 11.9. The predicted octanol–water partition coefficient (Wildman–Crippen LogP) is 1.48. The summed E-state index contributed by atoms with van der Waals surface area (Å²) in [6.45, 7) is 0.0808. The minimum absolute atomic E-state index is 0.0429. The van der Waals surface area contributed by atoms with Crippen LogP contribution in [0, 0.1) is 17.7 Å². The van der Waals surface area contributed by atoms with Crippen molar-refractivity contribution in [1.82, 2.24) is 10.5 Å². The summed E-state index contributed by atoms with van der Waals surface area (Å²) >= 11 is 0. The minimum atomic E-state index is -0.627. The van der Waals surface area contributed by atoms with Gasteiger partial charge in [0.1, 0.15) is 5.82 Å². The molecule has 0 saturated heterocycles. The molecule has 0 radical (unpaired) electrons. The van der Waals surface area contributed by atoms with Gasteiger partial charge in [0, 0.05) is 18.1 Å². The number of aromatic nitrogens is 1. The van der Waals surface area contributed by atoms with Crippen LogP contribution in [-0.2, 0) is 6.54 Å². The molecule has 21 heavy (non-hydrogen) atoms. The molecule has 2 N–H and O–H groups in total. The number of nitrogens with one attached hydrogen (secondary N) is 1. The van der Waals surface area contributed by atoms with Gasteiger partial charge in [0.25, 0.3) is 5.91 Å². The Bertz CT molecular complexity index is 672. The molecule has 0 aliphatic carbocycles. The smallest absolute Gasteiger partial charge is 0.254 e. The van der Waals surface area contributed by atoms with Gasteiger partial charge in [-0.05, 0) is 18.2 Å². The first-order chi connectivity index (χ1) is 10.2. The zero-order valence-electron chi connectivity index (χ0n) is 11.1. The second-order valence-corrected chi connectivity index (χ2v) is 4.13. The van der Waals surface area contributed by atoms with Crippen LogP contribution in [0.2, 0.25) is 0 Å². The average Bonchev–Trinajstić information content (AvgIpc) is 3.00. The number of benzene rings is 1. The second kappa shape index (κ2) is 7.22. The molecule has 1 aromatic heterocycles. The fraction of sp³-hybridized carbons (Fsp3) is 0.200. The number of aliphatic hydroxyl groups excluding tert-OH is 1. The fourth-order valence-corrected chi connectivity index (χ4v) is 1.59. The lowest BCUT2D eigenvalue weighted by molar-refractivity contribution is 0.0943.